The zero-order valence-corrected chi connectivity index (χ0v) is 9.77. The van der Waals surface area contributed by atoms with Gasteiger partial charge in [-0.2, -0.15) is 0 Å². The summed E-state index contributed by atoms with van der Waals surface area (Å²) in [7, 11) is 3.35. The van der Waals surface area contributed by atoms with Gasteiger partial charge in [-0.05, 0) is 6.07 Å². The molecule has 0 bridgehead atoms. The molecule has 1 aromatic carbocycles. The first-order valence-corrected chi connectivity index (χ1v) is 5.36. The Balaban J connectivity index is 2.11. The number of ether oxygens (including phenoxy) is 2. The third-order valence-corrected chi connectivity index (χ3v) is 2.90. The Bertz CT molecular complexity index is 390. The Hall–Kier alpha value is -1.48. The minimum atomic E-state index is 0.534. The summed E-state index contributed by atoms with van der Waals surface area (Å²) in [5.41, 5.74) is 1.19. The lowest BCUT2D eigenvalue weighted by molar-refractivity contribution is 0.385. The third-order valence-electron chi connectivity index (χ3n) is 2.90. The first-order chi connectivity index (χ1) is 7.78. The topological polar surface area (TPSA) is 21.5 Å². The van der Waals surface area contributed by atoms with Crippen LogP contribution in [0, 0.1) is 0 Å². The van der Waals surface area contributed by atoms with Crippen LogP contribution in [0.3, 0.4) is 0 Å². The fourth-order valence-corrected chi connectivity index (χ4v) is 1.80. The van der Waals surface area contributed by atoms with Crippen molar-refractivity contribution in [3.05, 3.63) is 36.4 Å². The summed E-state index contributed by atoms with van der Waals surface area (Å²) < 4.78 is 10.5. The van der Waals surface area contributed by atoms with Gasteiger partial charge in [-0.15, -0.1) is 6.58 Å². The number of methoxy groups -OCH3 is 2. The molecule has 1 heterocycles. The highest BCUT2D eigenvalue weighted by molar-refractivity contribution is 5.41. The molecule has 0 saturated carbocycles. The van der Waals surface area contributed by atoms with Gasteiger partial charge < -0.3 is 9.47 Å². The van der Waals surface area contributed by atoms with E-state index in [9.17, 15) is 0 Å². The van der Waals surface area contributed by atoms with Crippen molar-refractivity contribution in [1.29, 1.82) is 0 Å². The molecule has 3 heteroatoms. The van der Waals surface area contributed by atoms with Crippen molar-refractivity contribution in [2.75, 3.05) is 20.8 Å². The van der Waals surface area contributed by atoms with Gasteiger partial charge in [0, 0.05) is 30.8 Å². The van der Waals surface area contributed by atoms with E-state index >= 15 is 0 Å². The Labute approximate surface area is 96.3 Å². The summed E-state index contributed by atoms with van der Waals surface area (Å²) in [6.07, 6.45) is 1.98. The third kappa shape index (κ3) is 2.19. The standard InChI is InChI=1S/C13H17NO2/c1-4-11-9-14(11)8-10-5-6-12(15-2)7-13(10)16-3/h4-7,11H,1,8-9H2,2-3H3. The van der Waals surface area contributed by atoms with Crippen LogP contribution in [0.5, 0.6) is 11.5 Å². The molecule has 1 aliphatic rings. The lowest BCUT2D eigenvalue weighted by Gasteiger charge is -2.10. The maximum absolute atomic E-state index is 5.35. The molecule has 1 fully saturated rings. The average molecular weight is 219 g/mol. The summed E-state index contributed by atoms with van der Waals surface area (Å²) in [6, 6.07) is 6.47. The van der Waals surface area contributed by atoms with Crippen molar-refractivity contribution in [2.24, 2.45) is 0 Å². The van der Waals surface area contributed by atoms with Gasteiger partial charge in [-0.3, -0.25) is 4.90 Å². The van der Waals surface area contributed by atoms with Crippen molar-refractivity contribution in [1.82, 2.24) is 4.90 Å². The molecule has 1 saturated heterocycles. The van der Waals surface area contributed by atoms with Crippen LogP contribution in [0.25, 0.3) is 0 Å². The van der Waals surface area contributed by atoms with Crippen LogP contribution >= 0.6 is 0 Å². The maximum Gasteiger partial charge on any atom is 0.127 e. The number of benzene rings is 1. The Kier molecular flexibility index (Phi) is 3.15. The van der Waals surface area contributed by atoms with Crippen LogP contribution < -0.4 is 9.47 Å². The van der Waals surface area contributed by atoms with Gasteiger partial charge in [0.05, 0.1) is 14.2 Å². The lowest BCUT2D eigenvalue weighted by atomic mass is 10.2. The molecule has 0 aromatic heterocycles. The zero-order valence-electron chi connectivity index (χ0n) is 9.77. The summed E-state index contributed by atoms with van der Waals surface area (Å²) in [4.78, 5) is 2.33. The second-order valence-electron chi connectivity index (χ2n) is 3.91. The van der Waals surface area contributed by atoms with Crippen LogP contribution in [0.2, 0.25) is 0 Å². The number of rotatable bonds is 5. The predicted molar refractivity (Wildman–Crippen MR) is 63.9 cm³/mol. The van der Waals surface area contributed by atoms with Crippen LogP contribution in [0.1, 0.15) is 5.56 Å². The second-order valence-corrected chi connectivity index (χ2v) is 3.91. The predicted octanol–water partition coefficient (Wildman–Crippen LogP) is 2.07. The summed E-state index contributed by atoms with van der Waals surface area (Å²) in [5.74, 6) is 1.71. The Morgan fingerprint density at radius 3 is 2.81 bits per heavy atom. The molecule has 0 amide bonds. The van der Waals surface area contributed by atoms with Crippen molar-refractivity contribution >= 4 is 0 Å². The Morgan fingerprint density at radius 1 is 1.44 bits per heavy atom. The smallest absolute Gasteiger partial charge is 0.127 e. The van der Waals surface area contributed by atoms with E-state index in [1.165, 1.54) is 5.56 Å². The monoisotopic (exact) mass is 219 g/mol. The molecule has 2 rings (SSSR count). The molecule has 0 aliphatic carbocycles. The second kappa shape index (κ2) is 4.58. The molecule has 0 radical (unpaired) electrons. The highest BCUT2D eigenvalue weighted by atomic mass is 16.5. The van der Waals surface area contributed by atoms with E-state index in [2.05, 4.69) is 17.5 Å². The number of nitrogens with zero attached hydrogens (tertiary/aromatic N) is 1. The van der Waals surface area contributed by atoms with Crippen molar-refractivity contribution in [3.8, 4) is 11.5 Å². The van der Waals surface area contributed by atoms with Crippen LogP contribution in [0.4, 0.5) is 0 Å². The fraction of sp³-hybridized carbons (Fsp3) is 0.385. The first kappa shape index (κ1) is 11.0. The molecular weight excluding hydrogens is 202 g/mol. The quantitative estimate of drug-likeness (QED) is 0.559. The van der Waals surface area contributed by atoms with E-state index in [1.807, 2.05) is 18.2 Å². The molecule has 16 heavy (non-hydrogen) atoms. The van der Waals surface area contributed by atoms with E-state index in [1.54, 1.807) is 14.2 Å². The van der Waals surface area contributed by atoms with Crippen molar-refractivity contribution in [2.45, 2.75) is 12.6 Å². The fourth-order valence-electron chi connectivity index (χ4n) is 1.80. The summed E-state index contributed by atoms with van der Waals surface area (Å²) in [5, 5.41) is 0. The molecule has 86 valence electrons. The average Bonchev–Trinajstić information content (AvgIpc) is 3.08. The molecule has 1 aliphatic heterocycles. The number of hydrogen-bond acceptors (Lipinski definition) is 3. The van der Waals surface area contributed by atoms with Gasteiger partial charge >= 0.3 is 0 Å². The van der Waals surface area contributed by atoms with Crippen molar-refractivity contribution < 1.29 is 9.47 Å². The normalized spacial score (nSPS) is 22.6. The van der Waals surface area contributed by atoms with Gasteiger partial charge in [-0.1, -0.05) is 12.1 Å². The largest absolute Gasteiger partial charge is 0.497 e. The Morgan fingerprint density at radius 2 is 2.25 bits per heavy atom. The molecule has 3 nitrogen and oxygen atoms in total. The summed E-state index contributed by atoms with van der Waals surface area (Å²) in [6.45, 7) is 5.79. The molecular formula is C13H17NO2. The van der Waals surface area contributed by atoms with Gasteiger partial charge in [0.15, 0.2) is 0 Å². The number of hydrogen-bond donors (Lipinski definition) is 0. The van der Waals surface area contributed by atoms with E-state index in [4.69, 9.17) is 9.47 Å². The van der Waals surface area contributed by atoms with Crippen LogP contribution in [0.15, 0.2) is 30.9 Å². The molecule has 2 atom stereocenters. The van der Waals surface area contributed by atoms with Gasteiger partial charge in [0.25, 0.3) is 0 Å². The molecule has 0 spiro atoms. The lowest BCUT2D eigenvalue weighted by Crippen LogP contribution is -2.02. The van der Waals surface area contributed by atoms with E-state index in [-0.39, 0.29) is 0 Å². The van der Waals surface area contributed by atoms with Crippen molar-refractivity contribution in [3.63, 3.8) is 0 Å². The first-order valence-electron chi connectivity index (χ1n) is 5.36. The van der Waals surface area contributed by atoms with Gasteiger partial charge in [-0.25, -0.2) is 0 Å². The highest BCUT2D eigenvalue weighted by Crippen LogP contribution is 2.29. The molecule has 1 aromatic rings. The highest BCUT2D eigenvalue weighted by Gasteiger charge is 2.31. The summed E-state index contributed by atoms with van der Waals surface area (Å²) >= 11 is 0. The van der Waals surface area contributed by atoms with E-state index < -0.39 is 0 Å². The molecule has 0 N–H and O–H groups in total. The van der Waals surface area contributed by atoms with Gasteiger partial charge in [0.1, 0.15) is 11.5 Å². The van der Waals surface area contributed by atoms with Gasteiger partial charge in [0.2, 0.25) is 0 Å². The van der Waals surface area contributed by atoms with Crippen LogP contribution in [-0.4, -0.2) is 31.7 Å². The van der Waals surface area contributed by atoms with E-state index in [0.29, 0.717) is 6.04 Å². The minimum absolute atomic E-state index is 0.534. The van der Waals surface area contributed by atoms with Crippen LogP contribution in [-0.2, 0) is 6.54 Å². The zero-order chi connectivity index (χ0) is 11.5. The molecule has 2 unspecified atom stereocenters. The van der Waals surface area contributed by atoms with E-state index in [0.717, 1.165) is 24.6 Å². The maximum atomic E-state index is 5.35. The SMILES string of the molecule is C=CC1CN1Cc1ccc(OC)cc1OC. The minimum Gasteiger partial charge on any atom is -0.497 e.